The number of nitrogens with zero attached hydrogens (tertiary/aromatic N) is 1. The van der Waals surface area contributed by atoms with E-state index in [0.29, 0.717) is 17.3 Å². The number of anilines is 1. The summed E-state index contributed by atoms with van der Waals surface area (Å²) >= 11 is 0. The molecule has 0 bridgehead atoms. The number of hydrogen-bond donors (Lipinski definition) is 1. The molecule has 0 amide bonds. The molecule has 1 aromatic heterocycles. The molecule has 1 heterocycles. The van der Waals surface area contributed by atoms with Gasteiger partial charge in [0.2, 0.25) is 0 Å². The highest BCUT2D eigenvalue weighted by Gasteiger charge is 2.33. The standard InChI is InChI=1S/C16H24N2O2/c1-11-6-14(9-16(2,3)8-11)20-15(19)7-13-5-4-12(17)10-18-13/h4-5,10-11,14H,6-9,17H2,1-3H3. The molecule has 0 aromatic carbocycles. The fourth-order valence-electron chi connectivity index (χ4n) is 3.26. The Morgan fingerprint density at radius 3 is 2.80 bits per heavy atom. The number of rotatable bonds is 3. The lowest BCUT2D eigenvalue weighted by atomic mass is 9.71. The van der Waals surface area contributed by atoms with Crippen molar-refractivity contribution in [3.63, 3.8) is 0 Å². The van der Waals surface area contributed by atoms with E-state index >= 15 is 0 Å². The second-order valence-electron chi connectivity index (χ2n) is 6.78. The molecule has 4 heteroatoms. The van der Waals surface area contributed by atoms with Crippen LogP contribution < -0.4 is 5.73 Å². The average Bonchev–Trinajstić information content (AvgIpc) is 2.29. The Bertz CT molecular complexity index is 468. The predicted molar refractivity (Wildman–Crippen MR) is 79.0 cm³/mol. The molecule has 2 atom stereocenters. The van der Waals surface area contributed by atoms with Crippen molar-refractivity contribution in [2.24, 2.45) is 11.3 Å². The molecule has 1 fully saturated rings. The number of aromatic nitrogens is 1. The number of nitrogens with two attached hydrogens (primary N) is 1. The summed E-state index contributed by atoms with van der Waals surface area (Å²) < 4.78 is 5.62. The van der Waals surface area contributed by atoms with Crippen molar-refractivity contribution in [2.45, 2.75) is 52.6 Å². The van der Waals surface area contributed by atoms with Crippen molar-refractivity contribution in [3.05, 3.63) is 24.0 Å². The lowest BCUT2D eigenvalue weighted by molar-refractivity contribution is -0.152. The van der Waals surface area contributed by atoms with Gasteiger partial charge in [0.05, 0.1) is 24.0 Å². The first-order valence-corrected chi connectivity index (χ1v) is 7.24. The molecule has 0 radical (unpaired) electrons. The number of carbonyl (C=O) groups is 1. The summed E-state index contributed by atoms with van der Waals surface area (Å²) in [4.78, 5) is 16.1. The van der Waals surface area contributed by atoms with Crippen molar-refractivity contribution in [3.8, 4) is 0 Å². The van der Waals surface area contributed by atoms with Gasteiger partial charge in [0, 0.05) is 0 Å². The van der Waals surface area contributed by atoms with Gasteiger partial charge < -0.3 is 10.5 Å². The molecule has 1 saturated carbocycles. The van der Waals surface area contributed by atoms with Crippen LogP contribution in [0.1, 0.15) is 45.7 Å². The zero-order chi connectivity index (χ0) is 14.8. The SMILES string of the molecule is CC1CC(OC(=O)Cc2ccc(N)cn2)CC(C)(C)C1. The zero-order valence-electron chi connectivity index (χ0n) is 12.6. The second kappa shape index (κ2) is 5.81. The number of hydrogen-bond acceptors (Lipinski definition) is 4. The van der Waals surface area contributed by atoms with Crippen LogP contribution in [0.3, 0.4) is 0 Å². The van der Waals surface area contributed by atoms with Gasteiger partial charge in [-0.15, -0.1) is 0 Å². The highest BCUT2D eigenvalue weighted by Crippen LogP contribution is 2.39. The van der Waals surface area contributed by atoms with Crippen LogP contribution >= 0.6 is 0 Å². The topological polar surface area (TPSA) is 65.2 Å². The van der Waals surface area contributed by atoms with Crippen LogP contribution in [0, 0.1) is 11.3 Å². The van der Waals surface area contributed by atoms with Crippen LogP contribution in [-0.4, -0.2) is 17.1 Å². The minimum atomic E-state index is -0.197. The van der Waals surface area contributed by atoms with E-state index in [-0.39, 0.29) is 23.9 Å². The number of ether oxygens (including phenoxy) is 1. The number of carbonyl (C=O) groups excluding carboxylic acids is 1. The van der Waals surface area contributed by atoms with Crippen LogP contribution in [0.15, 0.2) is 18.3 Å². The summed E-state index contributed by atoms with van der Waals surface area (Å²) in [5, 5.41) is 0. The van der Waals surface area contributed by atoms with Crippen molar-refractivity contribution < 1.29 is 9.53 Å². The molecule has 1 aromatic rings. The van der Waals surface area contributed by atoms with Gasteiger partial charge in [-0.3, -0.25) is 9.78 Å². The maximum Gasteiger partial charge on any atom is 0.312 e. The Kier molecular flexibility index (Phi) is 4.31. The summed E-state index contributed by atoms with van der Waals surface area (Å²) in [5.74, 6) is 0.406. The van der Waals surface area contributed by atoms with E-state index < -0.39 is 0 Å². The first-order valence-electron chi connectivity index (χ1n) is 7.24. The fraction of sp³-hybridized carbons (Fsp3) is 0.625. The summed E-state index contributed by atoms with van der Waals surface area (Å²) in [5.41, 5.74) is 7.13. The average molecular weight is 276 g/mol. The molecule has 2 N–H and O–H groups in total. The van der Waals surface area contributed by atoms with Gasteiger partial charge in [0.1, 0.15) is 6.10 Å². The van der Waals surface area contributed by atoms with Gasteiger partial charge in [0.25, 0.3) is 0 Å². The molecule has 4 nitrogen and oxygen atoms in total. The smallest absolute Gasteiger partial charge is 0.312 e. The molecule has 110 valence electrons. The summed E-state index contributed by atoms with van der Waals surface area (Å²) in [6.07, 6.45) is 4.92. The quantitative estimate of drug-likeness (QED) is 0.862. The van der Waals surface area contributed by atoms with Gasteiger partial charge in [-0.25, -0.2) is 0 Å². The zero-order valence-corrected chi connectivity index (χ0v) is 12.6. The molecule has 2 unspecified atom stereocenters. The summed E-state index contributed by atoms with van der Waals surface area (Å²) in [6, 6.07) is 3.52. The van der Waals surface area contributed by atoms with Crippen LogP contribution in [0.2, 0.25) is 0 Å². The monoisotopic (exact) mass is 276 g/mol. The first-order chi connectivity index (χ1) is 9.34. The predicted octanol–water partition coefficient (Wildman–Crippen LogP) is 2.96. The van der Waals surface area contributed by atoms with Gasteiger partial charge in [-0.2, -0.15) is 0 Å². The third-order valence-corrected chi connectivity index (χ3v) is 3.82. The molecule has 0 spiro atoms. The molecule has 2 rings (SSSR count). The molecule has 20 heavy (non-hydrogen) atoms. The van der Waals surface area contributed by atoms with Gasteiger partial charge in [0.15, 0.2) is 0 Å². The van der Waals surface area contributed by atoms with Gasteiger partial charge in [-0.1, -0.05) is 20.8 Å². The largest absolute Gasteiger partial charge is 0.462 e. The maximum atomic E-state index is 12.0. The Balaban J connectivity index is 1.89. The minimum absolute atomic E-state index is 0.0371. The molecule has 1 aliphatic rings. The van der Waals surface area contributed by atoms with Crippen molar-refractivity contribution in [1.29, 1.82) is 0 Å². The molecule has 0 saturated heterocycles. The third kappa shape index (κ3) is 4.22. The lowest BCUT2D eigenvalue weighted by Gasteiger charge is -2.38. The summed E-state index contributed by atoms with van der Waals surface area (Å²) in [6.45, 7) is 6.71. The maximum absolute atomic E-state index is 12.0. The van der Waals surface area contributed by atoms with E-state index in [1.165, 1.54) is 6.42 Å². The van der Waals surface area contributed by atoms with E-state index in [1.54, 1.807) is 18.3 Å². The van der Waals surface area contributed by atoms with E-state index in [2.05, 4.69) is 25.8 Å². The van der Waals surface area contributed by atoms with E-state index in [0.717, 1.165) is 12.8 Å². The van der Waals surface area contributed by atoms with Gasteiger partial charge in [-0.05, 0) is 42.7 Å². The first kappa shape index (κ1) is 14.8. The van der Waals surface area contributed by atoms with Crippen molar-refractivity contribution in [1.82, 2.24) is 4.98 Å². The number of esters is 1. The van der Waals surface area contributed by atoms with Crippen LogP contribution in [0.4, 0.5) is 5.69 Å². The normalized spacial score (nSPS) is 25.1. The van der Waals surface area contributed by atoms with Crippen molar-refractivity contribution in [2.75, 3.05) is 5.73 Å². The highest BCUT2D eigenvalue weighted by molar-refractivity contribution is 5.72. The minimum Gasteiger partial charge on any atom is -0.462 e. The Morgan fingerprint density at radius 2 is 2.20 bits per heavy atom. The lowest BCUT2D eigenvalue weighted by Crippen LogP contribution is -2.34. The van der Waals surface area contributed by atoms with Crippen LogP contribution in [0.5, 0.6) is 0 Å². The van der Waals surface area contributed by atoms with E-state index in [1.807, 2.05) is 0 Å². The van der Waals surface area contributed by atoms with Crippen LogP contribution in [-0.2, 0) is 16.0 Å². The molecular weight excluding hydrogens is 252 g/mol. The number of nitrogen functional groups attached to an aromatic ring is 1. The van der Waals surface area contributed by atoms with E-state index in [9.17, 15) is 4.79 Å². The second-order valence-corrected chi connectivity index (χ2v) is 6.78. The molecule has 1 aliphatic carbocycles. The van der Waals surface area contributed by atoms with Gasteiger partial charge >= 0.3 is 5.97 Å². The van der Waals surface area contributed by atoms with Crippen molar-refractivity contribution >= 4 is 11.7 Å². The summed E-state index contributed by atoms with van der Waals surface area (Å²) in [7, 11) is 0. The Morgan fingerprint density at radius 1 is 1.45 bits per heavy atom. The Labute approximate surface area is 120 Å². The molecular formula is C16H24N2O2. The highest BCUT2D eigenvalue weighted by atomic mass is 16.5. The number of pyridine rings is 1. The van der Waals surface area contributed by atoms with Crippen LogP contribution in [0.25, 0.3) is 0 Å². The third-order valence-electron chi connectivity index (χ3n) is 3.82. The Hall–Kier alpha value is -1.58. The molecule has 0 aliphatic heterocycles. The fourth-order valence-corrected chi connectivity index (χ4v) is 3.26. The van der Waals surface area contributed by atoms with E-state index in [4.69, 9.17) is 10.5 Å².